The van der Waals surface area contributed by atoms with Gasteiger partial charge in [0, 0.05) is 23.6 Å². The molecular weight excluding hydrogens is 238 g/mol. The van der Waals surface area contributed by atoms with E-state index in [0.29, 0.717) is 0 Å². The van der Waals surface area contributed by atoms with Crippen LogP contribution in [0.3, 0.4) is 0 Å². The molecule has 0 aromatic rings. The average Bonchev–Trinajstić information content (AvgIpc) is 2.69. The first-order valence-electron chi connectivity index (χ1n) is 6.23. The molecule has 0 atom stereocenters. The van der Waals surface area contributed by atoms with E-state index in [0.717, 1.165) is 13.0 Å². The van der Waals surface area contributed by atoms with Gasteiger partial charge in [-0.2, -0.15) is 0 Å². The van der Waals surface area contributed by atoms with E-state index in [4.69, 9.17) is 0 Å². The van der Waals surface area contributed by atoms with Crippen LogP contribution in [0.25, 0.3) is 0 Å². The maximum Gasteiger partial charge on any atom is 0.0458 e. The maximum absolute atomic E-state index is 3.54. The summed E-state index contributed by atoms with van der Waals surface area (Å²) < 4.78 is 0. The lowest BCUT2D eigenvalue weighted by Crippen LogP contribution is -2.19. The first-order chi connectivity index (χ1) is 8.93. The van der Waals surface area contributed by atoms with E-state index in [1.165, 1.54) is 32.9 Å². The van der Waals surface area contributed by atoms with Crippen molar-refractivity contribution in [3.05, 3.63) is 80.8 Å². The van der Waals surface area contributed by atoms with E-state index in [1.807, 2.05) is 11.8 Å². The van der Waals surface area contributed by atoms with E-state index in [2.05, 4.69) is 53.3 Å². The van der Waals surface area contributed by atoms with Crippen molar-refractivity contribution in [3.8, 4) is 0 Å². The molecule has 2 heteroatoms. The number of hydrogen-bond donors (Lipinski definition) is 1. The van der Waals surface area contributed by atoms with Gasteiger partial charge in [0.2, 0.25) is 0 Å². The molecule has 0 amide bonds. The van der Waals surface area contributed by atoms with Crippen molar-refractivity contribution in [2.45, 2.75) is 6.42 Å². The Bertz CT molecular complexity index is 636. The lowest BCUT2D eigenvalue weighted by atomic mass is 10.00. The van der Waals surface area contributed by atoms with Gasteiger partial charge >= 0.3 is 0 Å². The number of rotatable bonds is 0. The van der Waals surface area contributed by atoms with Gasteiger partial charge in [0.05, 0.1) is 0 Å². The fraction of sp³-hybridized carbons (Fsp3) is 0.125. The highest BCUT2D eigenvalue weighted by Crippen LogP contribution is 2.47. The zero-order valence-corrected chi connectivity index (χ0v) is 10.8. The number of fused-ring (bicyclic) bond motifs is 3. The lowest BCUT2D eigenvalue weighted by Gasteiger charge is -2.18. The summed E-state index contributed by atoms with van der Waals surface area (Å²) in [5, 5.41) is 5.70. The van der Waals surface area contributed by atoms with Crippen LogP contribution in [0.15, 0.2) is 80.8 Å². The Kier molecular flexibility index (Phi) is 2.24. The number of thioether (sulfide) groups is 1. The molecule has 0 saturated heterocycles. The summed E-state index contributed by atoms with van der Waals surface area (Å²) in [7, 11) is 0. The Balaban J connectivity index is 1.94. The van der Waals surface area contributed by atoms with Gasteiger partial charge in [-0.3, -0.25) is 0 Å². The number of hydrogen-bond acceptors (Lipinski definition) is 2. The second-order valence-corrected chi connectivity index (χ2v) is 5.59. The highest BCUT2D eigenvalue weighted by Gasteiger charge is 2.28. The molecule has 0 aromatic heterocycles. The van der Waals surface area contributed by atoms with Crippen molar-refractivity contribution in [1.29, 1.82) is 0 Å². The minimum absolute atomic E-state index is 0.934. The Morgan fingerprint density at radius 1 is 1.11 bits per heavy atom. The van der Waals surface area contributed by atoms with Crippen LogP contribution in [0.4, 0.5) is 0 Å². The zero-order chi connectivity index (χ0) is 11.9. The third-order valence-electron chi connectivity index (χ3n) is 3.61. The van der Waals surface area contributed by atoms with Crippen molar-refractivity contribution >= 4 is 11.8 Å². The van der Waals surface area contributed by atoms with E-state index in [1.54, 1.807) is 0 Å². The molecular formula is C16H13NS. The molecule has 2 heterocycles. The van der Waals surface area contributed by atoms with Crippen molar-refractivity contribution in [2.24, 2.45) is 0 Å². The molecule has 88 valence electrons. The van der Waals surface area contributed by atoms with E-state index in [9.17, 15) is 0 Å². The van der Waals surface area contributed by atoms with E-state index in [-0.39, 0.29) is 0 Å². The van der Waals surface area contributed by atoms with Gasteiger partial charge < -0.3 is 5.32 Å². The number of nitrogens with one attached hydrogen (secondary N) is 1. The Labute approximate surface area is 111 Å². The molecule has 0 spiro atoms. The average molecular weight is 251 g/mol. The molecule has 4 rings (SSSR count). The molecule has 1 nitrogen and oxygen atoms in total. The predicted molar refractivity (Wildman–Crippen MR) is 77.8 cm³/mol. The molecule has 0 fully saturated rings. The minimum atomic E-state index is 0.934. The van der Waals surface area contributed by atoms with Crippen LogP contribution in [-0.2, 0) is 0 Å². The van der Waals surface area contributed by atoms with Crippen LogP contribution in [0.1, 0.15) is 6.42 Å². The summed E-state index contributed by atoms with van der Waals surface area (Å²) in [4.78, 5) is 1.43. The normalized spacial score (nSPS) is 24.0. The maximum atomic E-state index is 3.54. The second-order valence-electron chi connectivity index (χ2n) is 4.68. The monoisotopic (exact) mass is 251 g/mol. The Morgan fingerprint density at radius 2 is 2.11 bits per heavy atom. The van der Waals surface area contributed by atoms with Gasteiger partial charge in [-0.1, -0.05) is 54.3 Å². The topological polar surface area (TPSA) is 12.0 Å². The van der Waals surface area contributed by atoms with Crippen molar-refractivity contribution in [1.82, 2.24) is 5.32 Å². The summed E-state index contributed by atoms with van der Waals surface area (Å²) in [6, 6.07) is 0. The first-order valence-corrected chi connectivity index (χ1v) is 7.11. The molecule has 1 N–H and O–H groups in total. The first kappa shape index (κ1) is 10.3. The molecule has 0 radical (unpaired) electrons. The highest BCUT2D eigenvalue weighted by atomic mass is 32.2. The third kappa shape index (κ3) is 1.42. The van der Waals surface area contributed by atoms with Crippen molar-refractivity contribution < 1.29 is 0 Å². The van der Waals surface area contributed by atoms with Crippen LogP contribution >= 0.6 is 11.8 Å². The van der Waals surface area contributed by atoms with E-state index < -0.39 is 0 Å². The quantitative estimate of drug-likeness (QED) is 0.704. The van der Waals surface area contributed by atoms with Gasteiger partial charge in [-0.25, -0.2) is 0 Å². The molecule has 0 saturated carbocycles. The molecule has 4 aliphatic rings. The molecule has 2 aliphatic heterocycles. The Morgan fingerprint density at radius 3 is 3.11 bits per heavy atom. The highest BCUT2D eigenvalue weighted by molar-refractivity contribution is 8.06. The van der Waals surface area contributed by atoms with Crippen LogP contribution in [0, 0.1) is 0 Å². The predicted octanol–water partition coefficient (Wildman–Crippen LogP) is 3.74. The van der Waals surface area contributed by atoms with Crippen molar-refractivity contribution in [2.75, 3.05) is 6.54 Å². The molecule has 18 heavy (non-hydrogen) atoms. The summed E-state index contributed by atoms with van der Waals surface area (Å²) in [5.41, 5.74) is 6.94. The number of allylic oxidation sites excluding steroid dienone is 9. The van der Waals surface area contributed by atoms with Crippen molar-refractivity contribution in [3.63, 3.8) is 0 Å². The lowest BCUT2D eigenvalue weighted by molar-refractivity contribution is 0.880. The van der Waals surface area contributed by atoms with Crippen LogP contribution in [-0.4, -0.2) is 6.54 Å². The van der Waals surface area contributed by atoms with Gasteiger partial charge in [0.25, 0.3) is 0 Å². The smallest absolute Gasteiger partial charge is 0.0458 e. The van der Waals surface area contributed by atoms with Crippen LogP contribution in [0.2, 0.25) is 0 Å². The fourth-order valence-electron chi connectivity index (χ4n) is 2.81. The second kappa shape index (κ2) is 3.92. The molecule has 0 aromatic carbocycles. The van der Waals surface area contributed by atoms with Gasteiger partial charge in [-0.05, 0) is 27.7 Å². The summed E-state index contributed by atoms with van der Waals surface area (Å²) in [5.74, 6) is 0. The molecule has 0 unspecified atom stereocenters. The largest absolute Gasteiger partial charge is 0.381 e. The fourth-order valence-corrected chi connectivity index (χ4v) is 3.71. The third-order valence-corrected chi connectivity index (χ3v) is 4.62. The van der Waals surface area contributed by atoms with Gasteiger partial charge in [-0.15, -0.1) is 0 Å². The van der Waals surface area contributed by atoms with Gasteiger partial charge in [0.1, 0.15) is 0 Å². The molecule has 2 aliphatic carbocycles. The zero-order valence-electron chi connectivity index (χ0n) is 9.94. The minimum Gasteiger partial charge on any atom is -0.381 e. The summed E-state index contributed by atoms with van der Waals surface area (Å²) in [6.45, 7) is 0.934. The van der Waals surface area contributed by atoms with Crippen LogP contribution in [0.5, 0.6) is 0 Å². The van der Waals surface area contributed by atoms with Crippen LogP contribution < -0.4 is 5.32 Å². The standard InChI is InChI=1S/C16H13NS/c1-4-11-5-2-8-17-15(11)14-10-12-6-3-9-18-16(12)13(14)7-1/h1-7,9,17H,8,10H2. The Hall–Kier alpha value is -1.67. The summed E-state index contributed by atoms with van der Waals surface area (Å²) >= 11 is 1.84. The van der Waals surface area contributed by atoms with E-state index >= 15 is 0 Å². The summed E-state index contributed by atoms with van der Waals surface area (Å²) in [6.07, 6.45) is 16.5. The SMILES string of the molecule is C1=CSC2=C3C=CC=C4C=CCNC4=C3CC2=C1. The van der Waals surface area contributed by atoms with Gasteiger partial charge in [0.15, 0.2) is 0 Å². The molecule has 0 bridgehead atoms.